The van der Waals surface area contributed by atoms with Crippen molar-refractivity contribution in [1.82, 2.24) is 5.32 Å². The molecule has 0 unspecified atom stereocenters. The molecule has 94 valence electrons. The zero-order valence-corrected chi connectivity index (χ0v) is 10.1. The fourth-order valence-electron chi connectivity index (χ4n) is 2.10. The lowest BCUT2D eigenvalue weighted by Gasteiger charge is -2.30. The molecule has 1 saturated heterocycles. The second-order valence-corrected chi connectivity index (χ2v) is 4.45. The fraction of sp³-hybridized carbons (Fsp3) is 0.538. The van der Waals surface area contributed by atoms with Crippen molar-refractivity contribution in [3.8, 4) is 5.75 Å². The molecule has 1 aliphatic heterocycles. The van der Waals surface area contributed by atoms with Gasteiger partial charge in [0.25, 0.3) is 0 Å². The molecule has 0 radical (unpaired) electrons. The lowest BCUT2D eigenvalue weighted by Crippen LogP contribution is -2.43. The zero-order valence-electron chi connectivity index (χ0n) is 10.1. The number of alkyl halides is 1. The van der Waals surface area contributed by atoms with Gasteiger partial charge in [0, 0.05) is 6.54 Å². The summed E-state index contributed by atoms with van der Waals surface area (Å²) in [5.74, 6) is 0.755. The van der Waals surface area contributed by atoms with Crippen molar-refractivity contribution in [3.05, 3.63) is 24.3 Å². The third kappa shape index (κ3) is 3.09. The Labute approximate surface area is 101 Å². The summed E-state index contributed by atoms with van der Waals surface area (Å²) < 4.78 is 19.6. The highest BCUT2D eigenvalue weighted by Crippen LogP contribution is 2.27. The molecule has 1 aromatic carbocycles. The van der Waals surface area contributed by atoms with Crippen LogP contribution in [0.1, 0.15) is 12.8 Å². The van der Waals surface area contributed by atoms with Crippen molar-refractivity contribution in [1.29, 1.82) is 0 Å². The molecule has 0 aromatic heterocycles. The van der Waals surface area contributed by atoms with E-state index in [-0.39, 0.29) is 0 Å². The standard InChI is InChI=1S/C13H19FN2O/c1-17-12-5-3-2-4-11(12)16-10-13(14)6-8-15-9-7-13/h2-5,15-16H,6-10H2,1H3. The Hall–Kier alpha value is -1.29. The first-order valence-electron chi connectivity index (χ1n) is 6.00. The van der Waals surface area contributed by atoms with E-state index in [1.165, 1.54) is 0 Å². The Balaban J connectivity index is 1.96. The number of hydrogen-bond donors (Lipinski definition) is 2. The highest BCUT2D eigenvalue weighted by atomic mass is 19.1. The van der Waals surface area contributed by atoms with Crippen molar-refractivity contribution >= 4 is 5.69 Å². The third-order valence-corrected chi connectivity index (χ3v) is 3.20. The number of benzene rings is 1. The summed E-state index contributed by atoms with van der Waals surface area (Å²) in [4.78, 5) is 0. The SMILES string of the molecule is COc1ccccc1NCC1(F)CCNCC1. The summed E-state index contributed by atoms with van der Waals surface area (Å²) in [6.45, 7) is 1.85. The molecule has 0 amide bonds. The maximum Gasteiger partial charge on any atom is 0.141 e. The Morgan fingerprint density at radius 3 is 2.76 bits per heavy atom. The summed E-state index contributed by atoms with van der Waals surface area (Å²) in [5.41, 5.74) is -0.253. The number of piperidine rings is 1. The average molecular weight is 238 g/mol. The lowest BCUT2D eigenvalue weighted by atomic mass is 9.94. The number of methoxy groups -OCH3 is 1. The third-order valence-electron chi connectivity index (χ3n) is 3.20. The minimum atomic E-state index is -1.11. The topological polar surface area (TPSA) is 33.3 Å². The van der Waals surface area contributed by atoms with Crippen LogP contribution in [0.2, 0.25) is 0 Å². The van der Waals surface area contributed by atoms with E-state index >= 15 is 0 Å². The Kier molecular flexibility index (Phi) is 3.84. The van der Waals surface area contributed by atoms with E-state index in [1.54, 1.807) is 7.11 Å². The Bertz CT molecular complexity index is 364. The van der Waals surface area contributed by atoms with Gasteiger partial charge in [-0.05, 0) is 38.1 Å². The summed E-state index contributed by atoms with van der Waals surface area (Å²) >= 11 is 0. The minimum Gasteiger partial charge on any atom is -0.495 e. The van der Waals surface area contributed by atoms with E-state index in [9.17, 15) is 4.39 Å². The van der Waals surface area contributed by atoms with Crippen LogP contribution in [0.4, 0.5) is 10.1 Å². The fourth-order valence-corrected chi connectivity index (χ4v) is 2.10. The minimum absolute atomic E-state index is 0.342. The molecular weight excluding hydrogens is 219 g/mol. The molecule has 0 atom stereocenters. The highest BCUT2D eigenvalue weighted by molar-refractivity contribution is 5.56. The van der Waals surface area contributed by atoms with Gasteiger partial charge in [-0.25, -0.2) is 4.39 Å². The first-order chi connectivity index (χ1) is 8.23. The summed E-state index contributed by atoms with van der Waals surface area (Å²) in [5, 5.41) is 6.31. The Morgan fingerprint density at radius 2 is 2.06 bits per heavy atom. The van der Waals surface area contributed by atoms with Gasteiger partial charge in [-0.1, -0.05) is 12.1 Å². The van der Waals surface area contributed by atoms with Crippen LogP contribution in [0.5, 0.6) is 5.75 Å². The predicted molar refractivity (Wildman–Crippen MR) is 67.4 cm³/mol. The molecule has 17 heavy (non-hydrogen) atoms. The monoisotopic (exact) mass is 238 g/mol. The molecule has 1 fully saturated rings. The molecule has 0 spiro atoms. The van der Waals surface area contributed by atoms with Crippen LogP contribution < -0.4 is 15.4 Å². The van der Waals surface area contributed by atoms with Crippen molar-refractivity contribution in [2.45, 2.75) is 18.5 Å². The van der Waals surface area contributed by atoms with Crippen LogP contribution in [0.3, 0.4) is 0 Å². The average Bonchev–Trinajstić information content (AvgIpc) is 2.38. The molecule has 0 saturated carbocycles. The van der Waals surface area contributed by atoms with Crippen LogP contribution in [0.15, 0.2) is 24.3 Å². The van der Waals surface area contributed by atoms with E-state index in [0.717, 1.165) is 24.5 Å². The van der Waals surface area contributed by atoms with E-state index in [0.29, 0.717) is 19.4 Å². The van der Waals surface area contributed by atoms with E-state index < -0.39 is 5.67 Å². The van der Waals surface area contributed by atoms with Gasteiger partial charge in [-0.15, -0.1) is 0 Å². The van der Waals surface area contributed by atoms with E-state index in [4.69, 9.17) is 4.74 Å². The predicted octanol–water partition coefficient (Wildman–Crippen LogP) is 2.20. The lowest BCUT2D eigenvalue weighted by molar-refractivity contribution is 0.131. The second kappa shape index (κ2) is 5.36. The molecule has 2 N–H and O–H groups in total. The van der Waals surface area contributed by atoms with Gasteiger partial charge in [-0.2, -0.15) is 0 Å². The van der Waals surface area contributed by atoms with Crippen LogP contribution in [-0.2, 0) is 0 Å². The highest BCUT2D eigenvalue weighted by Gasteiger charge is 2.31. The molecular formula is C13H19FN2O. The molecule has 4 heteroatoms. The second-order valence-electron chi connectivity index (χ2n) is 4.45. The van der Waals surface area contributed by atoms with Gasteiger partial charge in [-0.3, -0.25) is 0 Å². The van der Waals surface area contributed by atoms with Gasteiger partial charge in [0.05, 0.1) is 12.8 Å². The first kappa shape index (κ1) is 12.2. The van der Waals surface area contributed by atoms with E-state index in [2.05, 4.69) is 10.6 Å². The number of rotatable bonds is 4. The van der Waals surface area contributed by atoms with Gasteiger partial charge in [0.15, 0.2) is 0 Å². The maximum absolute atomic E-state index is 14.4. The van der Waals surface area contributed by atoms with Crippen LogP contribution in [0.25, 0.3) is 0 Å². The van der Waals surface area contributed by atoms with Crippen LogP contribution in [0, 0.1) is 0 Å². The van der Waals surface area contributed by atoms with Crippen LogP contribution >= 0.6 is 0 Å². The molecule has 1 aliphatic rings. The van der Waals surface area contributed by atoms with Gasteiger partial charge in [0.1, 0.15) is 11.4 Å². The number of nitrogens with one attached hydrogen (secondary N) is 2. The molecule has 2 rings (SSSR count). The van der Waals surface area contributed by atoms with Gasteiger partial charge < -0.3 is 15.4 Å². The zero-order chi connectivity index (χ0) is 12.1. The molecule has 1 aromatic rings. The Morgan fingerprint density at radius 1 is 1.35 bits per heavy atom. The van der Waals surface area contributed by atoms with Crippen molar-refractivity contribution in [2.75, 3.05) is 32.1 Å². The normalized spacial score (nSPS) is 18.7. The summed E-state index contributed by atoms with van der Waals surface area (Å²) in [7, 11) is 1.62. The molecule has 3 nitrogen and oxygen atoms in total. The van der Waals surface area contributed by atoms with Gasteiger partial charge in [0.2, 0.25) is 0 Å². The number of anilines is 1. The molecule has 0 bridgehead atoms. The largest absolute Gasteiger partial charge is 0.495 e. The van der Waals surface area contributed by atoms with E-state index in [1.807, 2.05) is 24.3 Å². The number of ether oxygens (including phenoxy) is 1. The smallest absolute Gasteiger partial charge is 0.141 e. The van der Waals surface area contributed by atoms with Gasteiger partial charge >= 0.3 is 0 Å². The molecule has 1 heterocycles. The summed E-state index contributed by atoms with van der Waals surface area (Å²) in [6.07, 6.45) is 1.13. The van der Waals surface area contributed by atoms with Crippen molar-refractivity contribution < 1.29 is 9.13 Å². The summed E-state index contributed by atoms with van der Waals surface area (Å²) in [6, 6.07) is 7.59. The number of hydrogen-bond acceptors (Lipinski definition) is 3. The van der Waals surface area contributed by atoms with Crippen molar-refractivity contribution in [3.63, 3.8) is 0 Å². The van der Waals surface area contributed by atoms with Crippen LogP contribution in [-0.4, -0.2) is 32.4 Å². The maximum atomic E-state index is 14.4. The van der Waals surface area contributed by atoms with Crippen molar-refractivity contribution in [2.24, 2.45) is 0 Å². The molecule has 0 aliphatic carbocycles. The first-order valence-corrected chi connectivity index (χ1v) is 6.00. The quantitative estimate of drug-likeness (QED) is 0.843. The number of para-hydroxylation sites is 2. The number of halogens is 1.